The lowest BCUT2D eigenvalue weighted by atomic mass is 9.85. The van der Waals surface area contributed by atoms with Crippen molar-refractivity contribution in [3.8, 4) is 28.5 Å². The number of carbonyl (C=O) groups is 4. The first-order valence-electron chi connectivity index (χ1n) is 22.3. The first kappa shape index (κ1) is 46.9. The molecule has 64 heavy (non-hydrogen) atoms. The predicted octanol–water partition coefficient (Wildman–Crippen LogP) is 7.98. The number of amides is 2. The summed E-state index contributed by atoms with van der Waals surface area (Å²) in [5.41, 5.74) is -1.52. The molecular formula is C48H59F2N3O10S. The third-order valence-electron chi connectivity index (χ3n) is 12.9. The van der Waals surface area contributed by atoms with Crippen LogP contribution in [-0.4, -0.2) is 91.0 Å². The maximum Gasteiger partial charge on any atom is 0.307 e. The lowest BCUT2D eigenvalue weighted by molar-refractivity contribution is -0.174. The Bertz CT molecular complexity index is 2390. The molecular weight excluding hydrogens is 849 g/mol. The number of hydrogen-bond acceptors (Lipinski definition) is 11. The normalized spacial score (nSPS) is 26.1. The molecule has 6 atom stereocenters. The summed E-state index contributed by atoms with van der Waals surface area (Å²) in [4.78, 5) is 63.5. The number of methoxy groups -OCH3 is 1. The Hall–Kier alpha value is -5.12. The fourth-order valence-corrected chi connectivity index (χ4v) is 10.3. The molecule has 2 aliphatic carbocycles. The summed E-state index contributed by atoms with van der Waals surface area (Å²) in [6, 6.07) is 13.5. The van der Waals surface area contributed by atoms with E-state index < -0.39 is 92.6 Å². The van der Waals surface area contributed by atoms with E-state index in [1.807, 2.05) is 63.3 Å². The van der Waals surface area contributed by atoms with Gasteiger partial charge in [0.2, 0.25) is 21.8 Å². The van der Waals surface area contributed by atoms with Crippen LogP contribution in [0.5, 0.6) is 17.2 Å². The van der Waals surface area contributed by atoms with Crippen molar-refractivity contribution in [2.75, 3.05) is 13.7 Å². The summed E-state index contributed by atoms with van der Waals surface area (Å²) >= 11 is 0. The minimum Gasteiger partial charge on any atom is -0.497 e. The lowest BCUT2D eigenvalue weighted by Crippen LogP contribution is -2.48. The standard InChI is InChI=1S/C48H59F2N3O10S/c1-28(2)61-32-15-13-30(14-16-32)38-24-42(36-20-17-33(60-6)21-39(36)51-38)62-34-22-40-41(54)26-48(46(57)52-64(58,59)35-18-19-35)25-31(48)12-10-8-7-9-11-29(3)37(44(56)53(40)27-34)23-43(55)63-47(4,5)45(49)50/h10,12-17,20-21,24,28-29,31,34-35,37,40,45H,7-9,11,18-19,22-23,25-27H2,1-6H3,(H,52,57)/b12-10-/t29-,31-,34-,37+,40+,48-/m1/s1. The number of sulfonamides is 1. The van der Waals surface area contributed by atoms with Crippen LogP contribution in [0.25, 0.3) is 22.2 Å². The number of nitrogens with zero attached hydrogens (tertiary/aromatic N) is 2. The maximum atomic E-state index is 15.0. The van der Waals surface area contributed by atoms with E-state index >= 15 is 4.79 Å². The van der Waals surface area contributed by atoms with E-state index in [0.29, 0.717) is 65.9 Å². The predicted molar refractivity (Wildman–Crippen MR) is 235 cm³/mol. The van der Waals surface area contributed by atoms with Gasteiger partial charge in [-0.15, -0.1) is 0 Å². The summed E-state index contributed by atoms with van der Waals surface area (Å²) < 4.78 is 79.3. The molecule has 4 aliphatic rings. The molecule has 346 valence electrons. The summed E-state index contributed by atoms with van der Waals surface area (Å²) in [6.45, 7) is 7.85. The van der Waals surface area contributed by atoms with Crippen molar-refractivity contribution in [1.82, 2.24) is 14.6 Å². The van der Waals surface area contributed by atoms with Crippen LogP contribution in [0.15, 0.2) is 60.7 Å². The average Bonchev–Trinajstić information content (AvgIpc) is 4.17. The van der Waals surface area contributed by atoms with Gasteiger partial charge in [0.25, 0.3) is 6.43 Å². The largest absolute Gasteiger partial charge is 0.497 e. The Morgan fingerprint density at radius 2 is 1.73 bits per heavy atom. The average molecular weight is 908 g/mol. The van der Waals surface area contributed by atoms with Gasteiger partial charge >= 0.3 is 5.97 Å². The molecule has 3 fully saturated rings. The molecule has 0 bridgehead atoms. The Balaban J connectivity index is 1.24. The second-order valence-corrected chi connectivity index (χ2v) is 20.7. The first-order valence-corrected chi connectivity index (χ1v) is 23.8. The first-order chi connectivity index (χ1) is 30.3. The van der Waals surface area contributed by atoms with Crippen molar-refractivity contribution in [2.24, 2.45) is 23.2 Å². The molecule has 1 N–H and O–H groups in total. The van der Waals surface area contributed by atoms with Gasteiger partial charge < -0.3 is 23.8 Å². The molecule has 0 spiro atoms. The number of alkyl halides is 2. The van der Waals surface area contributed by atoms with E-state index in [1.54, 1.807) is 25.3 Å². The SMILES string of the molecule is COc1ccc2c(O[C@@H]3C[C@H]4C(=O)C[C@]5(C(=O)NS(=O)(=O)C6CC6)C[C@H]5/C=C\CCCC[C@@H](C)[C@H](CC(=O)OC(C)(C)C(F)F)C(=O)N4C3)cc(-c3ccc(OC(C)C)cc3)nc2c1. The zero-order valence-electron chi connectivity index (χ0n) is 37.3. The van der Waals surface area contributed by atoms with E-state index in [9.17, 15) is 31.6 Å². The van der Waals surface area contributed by atoms with E-state index in [2.05, 4.69) is 4.72 Å². The van der Waals surface area contributed by atoms with Crippen LogP contribution in [0.4, 0.5) is 8.78 Å². The number of nitrogens with one attached hydrogen (secondary N) is 1. The van der Waals surface area contributed by atoms with Gasteiger partial charge in [-0.3, -0.25) is 23.9 Å². The third kappa shape index (κ3) is 10.5. The van der Waals surface area contributed by atoms with Gasteiger partial charge in [0.05, 0.1) is 60.0 Å². The number of halogens is 2. The number of hydrogen-bond donors (Lipinski definition) is 1. The quantitative estimate of drug-likeness (QED) is 0.131. The van der Waals surface area contributed by atoms with Crippen LogP contribution < -0.4 is 18.9 Å². The van der Waals surface area contributed by atoms with Gasteiger partial charge in [0, 0.05) is 35.9 Å². The number of rotatable bonds is 13. The van der Waals surface area contributed by atoms with Gasteiger partial charge in [0.15, 0.2) is 11.4 Å². The number of ether oxygens (including phenoxy) is 4. The number of carbonyl (C=O) groups excluding carboxylic acids is 4. The minimum absolute atomic E-state index is 0.0175. The Morgan fingerprint density at radius 1 is 1.02 bits per heavy atom. The third-order valence-corrected chi connectivity index (χ3v) is 14.7. The van der Waals surface area contributed by atoms with Gasteiger partial charge in [-0.25, -0.2) is 22.2 Å². The number of allylic oxidation sites excluding steroid dienone is 2. The van der Waals surface area contributed by atoms with Crippen LogP contribution >= 0.6 is 0 Å². The van der Waals surface area contributed by atoms with Crippen molar-refractivity contribution < 1.29 is 55.3 Å². The maximum absolute atomic E-state index is 15.0. The molecule has 3 heterocycles. The van der Waals surface area contributed by atoms with E-state index in [-0.39, 0.29) is 31.9 Å². The highest BCUT2D eigenvalue weighted by molar-refractivity contribution is 7.90. The highest BCUT2D eigenvalue weighted by Crippen LogP contribution is 2.57. The molecule has 1 saturated heterocycles. The van der Waals surface area contributed by atoms with Crippen LogP contribution in [0.2, 0.25) is 0 Å². The molecule has 0 unspecified atom stereocenters. The van der Waals surface area contributed by atoms with Crippen LogP contribution in [0.3, 0.4) is 0 Å². The van der Waals surface area contributed by atoms with E-state index in [4.69, 9.17) is 23.9 Å². The molecule has 1 aromatic heterocycles. The molecule has 2 amide bonds. The van der Waals surface area contributed by atoms with Gasteiger partial charge in [0.1, 0.15) is 23.4 Å². The summed E-state index contributed by atoms with van der Waals surface area (Å²) in [5.74, 6) is -2.83. The second kappa shape index (κ2) is 18.8. The Kier molecular flexibility index (Phi) is 13.7. The Labute approximate surface area is 373 Å². The molecule has 13 nitrogen and oxygen atoms in total. The molecule has 3 aromatic rings. The number of fused-ring (bicyclic) bond motifs is 3. The number of aromatic nitrogens is 1. The molecule has 2 aromatic carbocycles. The molecule has 0 radical (unpaired) electrons. The zero-order valence-corrected chi connectivity index (χ0v) is 38.1. The summed E-state index contributed by atoms with van der Waals surface area (Å²) in [6.07, 6.45) is 2.98. The van der Waals surface area contributed by atoms with Crippen molar-refractivity contribution in [3.05, 3.63) is 60.7 Å². The molecule has 2 aliphatic heterocycles. The topological polar surface area (TPSA) is 168 Å². The van der Waals surface area contributed by atoms with Crippen molar-refractivity contribution in [3.63, 3.8) is 0 Å². The van der Waals surface area contributed by atoms with Crippen LogP contribution in [-0.2, 0) is 33.9 Å². The summed E-state index contributed by atoms with van der Waals surface area (Å²) in [7, 11) is -2.37. The fourth-order valence-electron chi connectivity index (χ4n) is 8.88. The zero-order chi connectivity index (χ0) is 46.1. The number of benzene rings is 2. The Morgan fingerprint density at radius 3 is 2.41 bits per heavy atom. The van der Waals surface area contributed by atoms with E-state index in [0.717, 1.165) is 25.8 Å². The van der Waals surface area contributed by atoms with Crippen LogP contribution in [0.1, 0.15) is 98.8 Å². The highest BCUT2D eigenvalue weighted by atomic mass is 32.2. The van der Waals surface area contributed by atoms with Crippen molar-refractivity contribution in [2.45, 2.75) is 134 Å². The summed E-state index contributed by atoms with van der Waals surface area (Å²) in [5, 5.41) is -0.0113. The molecule has 2 saturated carbocycles. The minimum atomic E-state index is -3.93. The molecule has 16 heteroatoms. The number of esters is 1. The number of pyridine rings is 1. The second-order valence-electron chi connectivity index (χ2n) is 18.7. The van der Waals surface area contributed by atoms with Crippen molar-refractivity contribution in [1.29, 1.82) is 0 Å². The fraction of sp³-hybridized carbons (Fsp3) is 0.562. The highest BCUT2D eigenvalue weighted by Gasteiger charge is 2.61. The smallest absolute Gasteiger partial charge is 0.307 e. The van der Waals surface area contributed by atoms with E-state index in [1.165, 1.54) is 4.90 Å². The van der Waals surface area contributed by atoms with Crippen LogP contribution in [0, 0.1) is 23.2 Å². The monoisotopic (exact) mass is 907 g/mol. The lowest BCUT2D eigenvalue weighted by Gasteiger charge is -2.32. The van der Waals surface area contributed by atoms with Gasteiger partial charge in [-0.05, 0) is 114 Å². The van der Waals surface area contributed by atoms with Gasteiger partial charge in [-0.2, -0.15) is 0 Å². The van der Waals surface area contributed by atoms with Crippen molar-refractivity contribution >= 4 is 44.5 Å². The van der Waals surface area contributed by atoms with Gasteiger partial charge in [-0.1, -0.05) is 25.5 Å². The number of ketones is 1. The number of Topliss-reactive ketones (excluding diaryl/α,β-unsaturated/α-hetero) is 1. The molecule has 7 rings (SSSR count).